The van der Waals surface area contributed by atoms with Gasteiger partial charge in [0.1, 0.15) is 0 Å². The van der Waals surface area contributed by atoms with E-state index in [1.807, 2.05) is 6.07 Å². The van der Waals surface area contributed by atoms with Gasteiger partial charge in [-0.25, -0.2) is 0 Å². The first kappa shape index (κ1) is 13.2. The van der Waals surface area contributed by atoms with Crippen LogP contribution in [0, 0.1) is 6.92 Å². The summed E-state index contributed by atoms with van der Waals surface area (Å²) in [4.78, 5) is 0. The molecule has 0 aliphatic carbocycles. The predicted molar refractivity (Wildman–Crippen MR) is 72.2 cm³/mol. The van der Waals surface area contributed by atoms with Crippen molar-refractivity contribution in [1.29, 1.82) is 0 Å². The number of aryl methyl sites for hydroxylation is 1. The molecule has 2 atom stereocenters. The van der Waals surface area contributed by atoms with Crippen LogP contribution in [0.5, 0.6) is 0 Å². The van der Waals surface area contributed by atoms with Gasteiger partial charge >= 0.3 is 0 Å². The number of nitrogens with one attached hydrogen (secondary N) is 1. The van der Waals surface area contributed by atoms with E-state index in [1.54, 1.807) is 0 Å². The summed E-state index contributed by atoms with van der Waals surface area (Å²) in [6.07, 6.45) is 0. The van der Waals surface area contributed by atoms with Crippen molar-refractivity contribution in [2.45, 2.75) is 32.0 Å². The molecule has 1 aromatic rings. The second-order valence-corrected chi connectivity index (χ2v) is 5.45. The van der Waals surface area contributed by atoms with E-state index in [2.05, 4.69) is 25.2 Å². The minimum absolute atomic E-state index is 0. The molecule has 0 unspecified atom stereocenters. The fourth-order valence-electron chi connectivity index (χ4n) is 2.99. The van der Waals surface area contributed by atoms with Crippen molar-refractivity contribution in [2.24, 2.45) is 0 Å². The average molecular weight is 274 g/mol. The van der Waals surface area contributed by atoms with Crippen LogP contribution in [0.15, 0.2) is 12.1 Å². The van der Waals surface area contributed by atoms with Crippen LogP contribution in [0.3, 0.4) is 0 Å². The largest absolute Gasteiger partial charge is 0.369 e. The molecule has 4 heteroatoms. The molecule has 2 nitrogen and oxygen atoms in total. The molecule has 2 heterocycles. The van der Waals surface area contributed by atoms with Crippen LogP contribution in [0.2, 0.25) is 5.02 Å². The van der Waals surface area contributed by atoms with Crippen LogP contribution < -0.4 is 5.32 Å². The van der Waals surface area contributed by atoms with Crippen LogP contribution in [0.25, 0.3) is 0 Å². The van der Waals surface area contributed by atoms with Crippen LogP contribution in [-0.2, 0) is 11.3 Å². The number of halogens is 2. The zero-order chi connectivity index (χ0) is 11.3. The van der Waals surface area contributed by atoms with Crippen molar-refractivity contribution in [3.63, 3.8) is 0 Å². The molecular formula is C13H17Cl2NO. The summed E-state index contributed by atoms with van der Waals surface area (Å²) in [5.41, 5.74) is 3.88. The number of rotatable bonds is 0. The minimum Gasteiger partial charge on any atom is -0.369 e. The van der Waals surface area contributed by atoms with E-state index in [0.717, 1.165) is 18.1 Å². The summed E-state index contributed by atoms with van der Waals surface area (Å²) in [5, 5.41) is 4.27. The Morgan fingerprint density at radius 1 is 1.47 bits per heavy atom. The van der Waals surface area contributed by atoms with E-state index >= 15 is 0 Å². The molecule has 2 aliphatic heterocycles. The summed E-state index contributed by atoms with van der Waals surface area (Å²) >= 11 is 6.25. The Bertz CT molecular complexity index is 449. The van der Waals surface area contributed by atoms with Gasteiger partial charge in [-0.2, -0.15) is 0 Å². The van der Waals surface area contributed by atoms with Crippen LogP contribution in [0.4, 0.5) is 0 Å². The highest BCUT2D eigenvalue weighted by molar-refractivity contribution is 6.31. The molecule has 1 fully saturated rings. The highest BCUT2D eigenvalue weighted by atomic mass is 35.5. The molecule has 1 N–H and O–H groups in total. The molecule has 1 saturated heterocycles. The van der Waals surface area contributed by atoms with Crippen molar-refractivity contribution in [3.05, 3.63) is 33.8 Å². The zero-order valence-corrected chi connectivity index (χ0v) is 11.6. The highest BCUT2D eigenvalue weighted by Gasteiger charge is 2.45. The third-order valence-corrected chi connectivity index (χ3v) is 4.33. The molecule has 0 aromatic heterocycles. The first-order valence-corrected chi connectivity index (χ1v) is 6.12. The van der Waals surface area contributed by atoms with Gasteiger partial charge in [0.25, 0.3) is 0 Å². The lowest BCUT2D eigenvalue weighted by Crippen LogP contribution is -2.40. The van der Waals surface area contributed by atoms with Gasteiger partial charge in [-0.1, -0.05) is 17.7 Å². The monoisotopic (exact) mass is 273 g/mol. The van der Waals surface area contributed by atoms with Gasteiger partial charge in [-0.3, -0.25) is 0 Å². The maximum absolute atomic E-state index is 6.25. The predicted octanol–water partition coefficient (Wildman–Crippen LogP) is 3.05. The van der Waals surface area contributed by atoms with Gasteiger partial charge in [-0.15, -0.1) is 12.4 Å². The maximum Gasteiger partial charge on any atom is 0.0863 e. The second-order valence-electron chi connectivity index (χ2n) is 5.04. The van der Waals surface area contributed by atoms with E-state index in [-0.39, 0.29) is 18.0 Å². The Morgan fingerprint density at radius 2 is 2.24 bits per heavy atom. The molecule has 94 valence electrons. The Labute approximate surface area is 113 Å². The molecule has 0 spiro atoms. The van der Waals surface area contributed by atoms with Crippen molar-refractivity contribution >= 4 is 24.0 Å². The van der Waals surface area contributed by atoms with Crippen molar-refractivity contribution in [2.75, 3.05) is 13.1 Å². The standard InChI is InChI=1S/C13H16ClNO.ClH/c1-8-3-4-11(14)9-6-16-13(2)7-15-5-10(13)12(8)9;/h3-4,10,15H,5-7H2,1-2H3;1H/t10-,13-;/m1./s1. The third-order valence-electron chi connectivity index (χ3n) is 3.97. The van der Waals surface area contributed by atoms with Crippen LogP contribution in [-0.4, -0.2) is 18.7 Å². The van der Waals surface area contributed by atoms with Gasteiger partial charge in [0, 0.05) is 29.6 Å². The Kier molecular flexibility index (Phi) is 3.43. The first-order chi connectivity index (χ1) is 7.62. The van der Waals surface area contributed by atoms with Gasteiger partial charge < -0.3 is 10.1 Å². The zero-order valence-electron chi connectivity index (χ0n) is 10.0. The number of benzene rings is 1. The van der Waals surface area contributed by atoms with E-state index in [4.69, 9.17) is 16.3 Å². The second kappa shape index (κ2) is 4.43. The lowest BCUT2D eigenvalue weighted by Gasteiger charge is -2.38. The lowest BCUT2D eigenvalue weighted by atomic mass is 9.79. The highest BCUT2D eigenvalue weighted by Crippen LogP contribution is 2.44. The molecule has 2 aliphatic rings. The fourth-order valence-corrected chi connectivity index (χ4v) is 3.21. The van der Waals surface area contributed by atoms with Crippen molar-refractivity contribution < 1.29 is 4.74 Å². The Balaban J connectivity index is 0.00000108. The topological polar surface area (TPSA) is 21.3 Å². The maximum atomic E-state index is 6.25. The summed E-state index contributed by atoms with van der Waals surface area (Å²) in [6.45, 7) is 6.93. The smallest absolute Gasteiger partial charge is 0.0863 e. The van der Waals surface area contributed by atoms with E-state index in [0.29, 0.717) is 12.5 Å². The number of hydrogen-bond acceptors (Lipinski definition) is 2. The quantitative estimate of drug-likeness (QED) is 0.785. The van der Waals surface area contributed by atoms with Crippen LogP contribution >= 0.6 is 24.0 Å². The molecular weight excluding hydrogens is 257 g/mol. The Morgan fingerprint density at radius 3 is 3.00 bits per heavy atom. The Hall–Kier alpha value is -0.280. The van der Waals surface area contributed by atoms with E-state index < -0.39 is 0 Å². The molecule has 0 saturated carbocycles. The third kappa shape index (κ3) is 1.88. The number of ether oxygens (including phenoxy) is 1. The molecule has 17 heavy (non-hydrogen) atoms. The van der Waals surface area contributed by atoms with Gasteiger partial charge in [0.05, 0.1) is 12.2 Å². The van der Waals surface area contributed by atoms with Crippen LogP contribution in [0.1, 0.15) is 29.5 Å². The fraction of sp³-hybridized carbons (Fsp3) is 0.538. The van der Waals surface area contributed by atoms with E-state index in [9.17, 15) is 0 Å². The van der Waals surface area contributed by atoms with Gasteiger partial charge in [0.15, 0.2) is 0 Å². The van der Waals surface area contributed by atoms with Gasteiger partial charge in [-0.05, 0) is 31.0 Å². The molecule has 0 bridgehead atoms. The van der Waals surface area contributed by atoms with Crippen molar-refractivity contribution in [3.8, 4) is 0 Å². The normalized spacial score (nSPS) is 30.4. The molecule has 1 aromatic carbocycles. The molecule has 3 rings (SSSR count). The van der Waals surface area contributed by atoms with Crippen molar-refractivity contribution in [1.82, 2.24) is 5.32 Å². The first-order valence-electron chi connectivity index (χ1n) is 5.74. The molecule has 0 amide bonds. The summed E-state index contributed by atoms with van der Waals surface area (Å²) in [6, 6.07) is 4.09. The summed E-state index contributed by atoms with van der Waals surface area (Å²) < 4.78 is 6.00. The lowest BCUT2D eigenvalue weighted by molar-refractivity contribution is -0.0519. The number of hydrogen-bond donors (Lipinski definition) is 1. The summed E-state index contributed by atoms with van der Waals surface area (Å²) in [7, 11) is 0. The van der Waals surface area contributed by atoms with E-state index in [1.165, 1.54) is 16.7 Å². The summed E-state index contributed by atoms with van der Waals surface area (Å²) in [5.74, 6) is 0.440. The average Bonchev–Trinajstić information content (AvgIpc) is 2.64. The SMILES string of the molecule is Cc1ccc(Cl)c2c1[C@H]1CNC[C@@]1(C)OC2.Cl. The minimum atomic E-state index is -0.0531. The molecule has 0 radical (unpaired) electrons. The van der Waals surface area contributed by atoms with Gasteiger partial charge in [0.2, 0.25) is 0 Å². The number of fused-ring (bicyclic) bond motifs is 3.